The molecule has 0 saturated heterocycles. The zero-order chi connectivity index (χ0) is 27.9. The van der Waals surface area contributed by atoms with Gasteiger partial charge < -0.3 is 4.74 Å². The zero-order valence-electron chi connectivity index (χ0n) is 22.0. The number of nitriles is 1. The minimum absolute atomic E-state index is 0.0809. The van der Waals surface area contributed by atoms with Crippen LogP contribution in [-0.4, -0.2) is 42.5 Å². The molecule has 0 spiro atoms. The molecule has 0 radical (unpaired) electrons. The molecule has 40 heavy (non-hydrogen) atoms. The fraction of sp³-hybridized carbons (Fsp3) is 0.167. The summed E-state index contributed by atoms with van der Waals surface area (Å²) in [5.41, 5.74) is 4.53. The molecule has 198 valence electrons. The Morgan fingerprint density at radius 2 is 1.75 bits per heavy atom. The highest BCUT2D eigenvalue weighted by atomic mass is 16.5. The van der Waals surface area contributed by atoms with Crippen LogP contribution in [0.25, 0.3) is 22.6 Å². The number of carbonyl (C=O) groups excluding carboxylic acids is 1. The van der Waals surface area contributed by atoms with E-state index >= 15 is 0 Å². The quantitative estimate of drug-likeness (QED) is 0.286. The first-order chi connectivity index (χ1) is 19.5. The number of carbonyl (C=O) groups is 1. The first kappa shape index (κ1) is 26.2. The highest BCUT2D eigenvalue weighted by Gasteiger charge is 2.15. The van der Waals surface area contributed by atoms with Crippen LogP contribution in [0.15, 0.2) is 85.1 Å². The third-order valence-electron chi connectivity index (χ3n) is 5.92. The lowest BCUT2D eigenvalue weighted by Gasteiger charge is -2.09. The predicted octanol–water partition coefficient (Wildman–Crippen LogP) is 4.86. The number of nitrogens with one attached hydrogen (secondary N) is 1. The van der Waals surface area contributed by atoms with Crippen LogP contribution in [0.5, 0.6) is 5.75 Å². The van der Waals surface area contributed by atoms with Crippen molar-refractivity contribution in [1.29, 1.82) is 5.26 Å². The second-order valence-corrected chi connectivity index (χ2v) is 9.31. The van der Waals surface area contributed by atoms with Gasteiger partial charge in [-0.15, -0.1) is 5.10 Å². The molecule has 10 heteroatoms. The van der Waals surface area contributed by atoms with E-state index in [-0.39, 0.29) is 12.6 Å². The minimum Gasteiger partial charge on any atom is -0.484 e. The molecule has 10 nitrogen and oxygen atoms in total. The molecule has 0 fully saturated rings. The molecule has 1 N–H and O–H groups in total. The number of benzene rings is 2. The Morgan fingerprint density at radius 1 is 0.950 bits per heavy atom. The molecule has 0 saturated carbocycles. The second-order valence-electron chi connectivity index (χ2n) is 9.31. The predicted molar refractivity (Wildman–Crippen MR) is 149 cm³/mol. The van der Waals surface area contributed by atoms with Crippen molar-refractivity contribution in [3.05, 3.63) is 102 Å². The third kappa shape index (κ3) is 6.52. The van der Waals surface area contributed by atoms with Crippen molar-refractivity contribution >= 4 is 11.9 Å². The maximum absolute atomic E-state index is 12.7. The number of anilines is 1. The maximum atomic E-state index is 12.7. The Morgan fingerprint density at radius 3 is 2.55 bits per heavy atom. The number of amides is 1. The van der Waals surface area contributed by atoms with E-state index in [9.17, 15) is 10.1 Å². The van der Waals surface area contributed by atoms with Crippen LogP contribution in [0.4, 0.5) is 5.95 Å². The fourth-order valence-corrected chi connectivity index (χ4v) is 3.92. The Bertz CT molecular complexity index is 1670. The van der Waals surface area contributed by atoms with E-state index in [4.69, 9.17) is 9.72 Å². The lowest BCUT2D eigenvalue weighted by atomic mass is 10.1. The van der Waals surface area contributed by atoms with Crippen LogP contribution in [0.2, 0.25) is 0 Å². The van der Waals surface area contributed by atoms with Crippen molar-refractivity contribution in [2.75, 3.05) is 11.9 Å². The van der Waals surface area contributed by atoms with Gasteiger partial charge >= 0.3 is 0 Å². The molecule has 3 heterocycles. The van der Waals surface area contributed by atoms with E-state index in [1.54, 1.807) is 47.3 Å². The molecule has 0 aliphatic carbocycles. The Kier molecular flexibility index (Phi) is 7.83. The van der Waals surface area contributed by atoms with E-state index in [0.29, 0.717) is 46.4 Å². The van der Waals surface area contributed by atoms with E-state index in [0.717, 1.165) is 11.4 Å². The molecule has 2 aromatic carbocycles. The van der Waals surface area contributed by atoms with Gasteiger partial charge in [0.25, 0.3) is 5.91 Å². The lowest BCUT2D eigenvalue weighted by Crippen LogP contribution is -2.21. The fourth-order valence-electron chi connectivity index (χ4n) is 3.92. The van der Waals surface area contributed by atoms with Crippen LogP contribution in [-0.2, 0) is 11.3 Å². The number of hydrogen-bond acceptors (Lipinski definition) is 8. The van der Waals surface area contributed by atoms with Crippen molar-refractivity contribution in [3.63, 3.8) is 0 Å². The van der Waals surface area contributed by atoms with Crippen molar-refractivity contribution < 1.29 is 9.53 Å². The van der Waals surface area contributed by atoms with Gasteiger partial charge in [-0.3, -0.25) is 15.1 Å². The molecule has 0 bridgehead atoms. The second kappa shape index (κ2) is 12.0. The first-order valence-electron chi connectivity index (χ1n) is 12.7. The van der Waals surface area contributed by atoms with Gasteiger partial charge in [-0.25, -0.2) is 14.6 Å². The van der Waals surface area contributed by atoms with Crippen molar-refractivity contribution in [2.24, 2.45) is 0 Å². The van der Waals surface area contributed by atoms with Gasteiger partial charge in [0.05, 0.1) is 41.5 Å². The summed E-state index contributed by atoms with van der Waals surface area (Å²) in [7, 11) is 0. The van der Waals surface area contributed by atoms with Crippen molar-refractivity contribution in [1.82, 2.24) is 29.9 Å². The molecule has 5 aromatic rings. The molecule has 0 atom stereocenters. The molecule has 0 unspecified atom stereocenters. The van der Waals surface area contributed by atoms with Gasteiger partial charge in [0.2, 0.25) is 5.95 Å². The molecular formula is C30H26N8O2. The SMILES string of the molecule is CC(C)c1cccc(Cn2cc(-c3cc(-c4cccc(C#N)c4)nc(NC(=O)COc4ccccc4)n3)nn2)n1. The average Bonchev–Trinajstić information content (AvgIpc) is 3.45. The first-order valence-corrected chi connectivity index (χ1v) is 12.7. The van der Waals surface area contributed by atoms with Crippen molar-refractivity contribution in [3.8, 4) is 34.5 Å². The number of para-hydroxylation sites is 1. The smallest absolute Gasteiger partial charge is 0.264 e. The number of hydrogen-bond donors (Lipinski definition) is 1. The highest BCUT2D eigenvalue weighted by molar-refractivity contribution is 5.90. The van der Waals surface area contributed by atoms with Crippen LogP contribution < -0.4 is 10.1 Å². The minimum atomic E-state index is -0.419. The summed E-state index contributed by atoms with van der Waals surface area (Å²) in [5.74, 6) is 0.554. The summed E-state index contributed by atoms with van der Waals surface area (Å²) in [6.07, 6.45) is 1.77. The summed E-state index contributed by atoms with van der Waals surface area (Å²) in [5, 5.41) is 20.6. The molecular weight excluding hydrogens is 504 g/mol. The van der Waals surface area contributed by atoms with Gasteiger partial charge in [-0.2, -0.15) is 5.26 Å². The molecule has 1 amide bonds. The number of nitrogens with zero attached hydrogens (tertiary/aromatic N) is 7. The van der Waals surface area contributed by atoms with Crippen LogP contribution in [0.1, 0.15) is 36.7 Å². The number of aromatic nitrogens is 6. The van der Waals surface area contributed by atoms with E-state index < -0.39 is 5.91 Å². The maximum Gasteiger partial charge on any atom is 0.264 e. The summed E-state index contributed by atoms with van der Waals surface area (Å²) in [6, 6.07) is 25.9. The van der Waals surface area contributed by atoms with Crippen molar-refractivity contribution in [2.45, 2.75) is 26.3 Å². The van der Waals surface area contributed by atoms with Crippen LogP contribution in [0.3, 0.4) is 0 Å². The van der Waals surface area contributed by atoms with Crippen LogP contribution >= 0.6 is 0 Å². The number of pyridine rings is 1. The summed E-state index contributed by atoms with van der Waals surface area (Å²) >= 11 is 0. The van der Waals surface area contributed by atoms with E-state index in [1.165, 1.54) is 0 Å². The van der Waals surface area contributed by atoms with E-state index in [2.05, 4.69) is 45.5 Å². The Balaban J connectivity index is 1.42. The molecule has 5 rings (SSSR count). The van der Waals surface area contributed by atoms with Gasteiger partial charge in [-0.1, -0.05) is 55.5 Å². The summed E-state index contributed by atoms with van der Waals surface area (Å²) in [6.45, 7) is 4.43. The summed E-state index contributed by atoms with van der Waals surface area (Å²) in [4.78, 5) is 26.4. The normalized spacial score (nSPS) is 10.8. The standard InChI is InChI=1S/C30H26N8O2/c1-20(2)25-13-7-10-23(32-25)17-38-18-28(36-37-38)27-15-26(22-9-6-8-21(14-22)16-31)33-30(34-27)35-29(39)19-40-24-11-4-3-5-12-24/h3-15,18,20H,17,19H2,1-2H3,(H,33,34,35,39). The highest BCUT2D eigenvalue weighted by Crippen LogP contribution is 2.25. The Hall–Kier alpha value is -5.43. The van der Waals surface area contributed by atoms with E-state index in [1.807, 2.05) is 42.5 Å². The number of rotatable bonds is 9. The van der Waals surface area contributed by atoms with Gasteiger partial charge in [0.15, 0.2) is 6.61 Å². The largest absolute Gasteiger partial charge is 0.484 e. The topological polar surface area (TPSA) is 132 Å². The van der Waals surface area contributed by atoms with Crippen LogP contribution in [0, 0.1) is 11.3 Å². The van der Waals surface area contributed by atoms with Gasteiger partial charge in [-0.05, 0) is 48.4 Å². The zero-order valence-corrected chi connectivity index (χ0v) is 22.0. The monoisotopic (exact) mass is 530 g/mol. The van der Waals surface area contributed by atoms with Gasteiger partial charge in [0, 0.05) is 11.3 Å². The lowest BCUT2D eigenvalue weighted by molar-refractivity contribution is -0.118. The molecule has 0 aliphatic rings. The third-order valence-corrected chi connectivity index (χ3v) is 5.92. The van der Waals surface area contributed by atoms with Gasteiger partial charge in [0.1, 0.15) is 11.4 Å². The average molecular weight is 531 g/mol. The summed E-state index contributed by atoms with van der Waals surface area (Å²) < 4.78 is 7.23. The number of ether oxygens (including phenoxy) is 1. The Labute approximate surface area is 231 Å². The molecule has 3 aromatic heterocycles. The molecule has 0 aliphatic heterocycles.